The molecule has 3 aromatic rings. The van der Waals surface area contributed by atoms with E-state index in [-0.39, 0.29) is 5.57 Å². The molecule has 0 bridgehead atoms. The summed E-state index contributed by atoms with van der Waals surface area (Å²) in [6.07, 6.45) is 1.53. The summed E-state index contributed by atoms with van der Waals surface area (Å²) in [5, 5.41) is 2.25. The highest BCUT2D eigenvalue weighted by molar-refractivity contribution is 9.10. The third-order valence-corrected chi connectivity index (χ3v) is 5.82. The molecule has 0 unspecified atom stereocenters. The maximum atomic E-state index is 13.1. The van der Waals surface area contributed by atoms with Crippen LogP contribution in [0.2, 0.25) is 0 Å². The molecule has 0 atom stereocenters. The van der Waals surface area contributed by atoms with E-state index in [4.69, 9.17) is 4.74 Å². The molecule has 2 aromatic carbocycles. The lowest BCUT2D eigenvalue weighted by Gasteiger charge is -2.26. The van der Waals surface area contributed by atoms with E-state index >= 15 is 0 Å². The van der Waals surface area contributed by atoms with Crippen molar-refractivity contribution < 1.29 is 19.1 Å². The smallest absolute Gasteiger partial charge is 0.335 e. The summed E-state index contributed by atoms with van der Waals surface area (Å²) in [4.78, 5) is 39.0. The highest BCUT2D eigenvalue weighted by Crippen LogP contribution is 2.27. The van der Waals surface area contributed by atoms with Crippen molar-refractivity contribution in [3.8, 4) is 11.4 Å². The molecule has 8 heteroatoms. The Labute approximate surface area is 193 Å². The van der Waals surface area contributed by atoms with E-state index in [0.717, 1.165) is 26.4 Å². The zero-order chi connectivity index (χ0) is 23.0. The number of urea groups is 1. The number of nitrogens with one attached hydrogen (secondary N) is 1. The summed E-state index contributed by atoms with van der Waals surface area (Å²) >= 11 is 3.44. The van der Waals surface area contributed by atoms with Crippen LogP contribution in [0.4, 0.5) is 10.5 Å². The number of carbonyl (C=O) groups excluding carboxylic acids is 3. The second kappa shape index (κ2) is 8.47. The first-order chi connectivity index (χ1) is 15.3. The number of benzene rings is 2. The van der Waals surface area contributed by atoms with Crippen molar-refractivity contribution in [3.05, 3.63) is 81.6 Å². The van der Waals surface area contributed by atoms with Crippen molar-refractivity contribution in [2.75, 3.05) is 12.0 Å². The van der Waals surface area contributed by atoms with Gasteiger partial charge < -0.3 is 9.30 Å². The van der Waals surface area contributed by atoms with E-state index in [1.165, 1.54) is 13.2 Å². The number of aryl methyl sites for hydroxylation is 1. The lowest BCUT2D eigenvalue weighted by atomic mass is 10.1. The van der Waals surface area contributed by atoms with E-state index in [2.05, 4.69) is 21.2 Å². The zero-order valence-electron chi connectivity index (χ0n) is 17.7. The molecule has 1 saturated heterocycles. The van der Waals surface area contributed by atoms with Crippen LogP contribution in [0, 0.1) is 13.8 Å². The van der Waals surface area contributed by atoms with Gasteiger partial charge in [0.15, 0.2) is 0 Å². The molecule has 7 nitrogen and oxygen atoms in total. The fourth-order valence-electron chi connectivity index (χ4n) is 3.70. The lowest BCUT2D eigenvalue weighted by molar-refractivity contribution is -0.122. The largest absolute Gasteiger partial charge is 0.497 e. The number of hydrogen-bond acceptors (Lipinski definition) is 4. The number of barbiturate groups is 1. The maximum Gasteiger partial charge on any atom is 0.335 e. The average molecular weight is 494 g/mol. The minimum Gasteiger partial charge on any atom is -0.497 e. The molecule has 4 rings (SSSR count). The lowest BCUT2D eigenvalue weighted by Crippen LogP contribution is -2.54. The van der Waals surface area contributed by atoms with Gasteiger partial charge in [-0.2, -0.15) is 0 Å². The topological polar surface area (TPSA) is 80.6 Å². The Morgan fingerprint density at radius 2 is 1.56 bits per heavy atom. The average Bonchev–Trinajstić information content (AvgIpc) is 3.05. The van der Waals surface area contributed by atoms with Crippen LogP contribution in [-0.2, 0) is 9.59 Å². The first kappa shape index (κ1) is 21.6. The molecular weight excluding hydrogens is 474 g/mol. The summed E-state index contributed by atoms with van der Waals surface area (Å²) in [5.74, 6) is -0.818. The minimum atomic E-state index is -0.789. The number of halogens is 1. The molecule has 1 fully saturated rings. The molecule has 0 saturated carbocycles. The molecule has 1 N–H and O–H groups in total. The van der Waals surface area contributed by atoms with E-state index in [1.807, 2.05) is 48.7 Å². The predicted octanol–water partition coefficient (Wildman–Crippen LogP) is 4.53. The number of carbonyl (C=O) groups is 3. The standard InChI is InChI=1S/C24H20BrN3O4/c1-14-12-16(15(2)27(14)18-6-4-17(25)5-7-18)13-21-22(29)26-24(31)28(23(21)30)19-8-10-20(32-3)11-9-19/h4-13H,1-3H3,(H,26,29,31)/b21-13-. The highest BCUT2D eigenvalue weighted by Gasteiger charge is 2.37. The van der Waals surface area contributed by atoms with Crippen LogP contribution in [0.1, 0.15) is 17.0 Å². The van der Waals surface area contributed by atoms with Gasteiger partial charge in [0.05, 0.1) is 12.8 Å². The highest BCUT2D eigenvalue weighted by atomic mass is 79.9. The minimum absolute atomic E-state index is 0.114. The Morgan fingerprint density at radius 1 is 0.938 bits per heavy atom. The number of imide groups is 2. The van der Waals surface area contributed by atoms with E-state index < -0.39 is 17.8 Å². The zero-order valence-corrected chi connectivity index (χ0v) is 19.3. The molecule has 0 spiro atoms. The first-order valence-corrected chi connectivity index (χ1v) is 10.6. The van der Waals surface area contributed by atoms with Crippen LogP contribution >= 0.6 is 15.9 Å². The third-order valence-electron chi connectivity index (χ3n) is 5.29. The number of ether oxygens (including phenoxy) is 1. The molecule has 0 radical (unpaired) electrons. The van der Waals surface area contributed by atoms with E-state index in [0.29, 0.717) is 17.0 Å². The Bertz CT molecular complexity index is 1260. The Balaban J connectivity index is 1.73. The maximum absolute atomic E-state index is 13.1. The summed E-state index contributed by atoms with van der Waals surface area (Å²) in [7, 11) is 1.53. The quantitative estimate of drug-likeness (QED) is 0.427. The molecule has 1 aromatic heterocycles. The number of methoxy groups -OCH3 is 1. The summed E-state index contributed by atoms with van der Waals surface area (Å²) < 4.78 is 8.13. The molecule has 4 amide bonds. The Hall–Kier alpha value is -3.65. The number of anilines is 1. The third kappa shape index (κ3) is 3.85. The van der Waals surface area contributed by atoms with Crippen LogP contribution in [0.15, 0.2) is 64.6 Å². The van der Waals surface area contributed by atoms with Crippen molar-refractivity contribution in [1.82, 2.24) is 9.88 Å². The fourth-order valence-corrected chi connectivity index (χ4v) is 3.96. The van der Waals surface area contributed by atoms with E-state index in [1.54, 1.807) is 24.3 Å². The van der Waals surface area contributed by atoms with Crippen LogP contribution in [0.3, 0.4) is 0 Å². The number of rotatable bonds is 4. The van der Waals surface area contributed by atoms with E-state index in [9.17, 15) is 14.4 Å². The van der Waals surface area contributed by atoms with Gasteiger partial charge >= 0.3 is 6.03 Å². The Morgan fingerprint density at radius 3 is 2.19 bits per heavy atom. The van der Waals surface area contributed by atoms with Gasteiger partial charge in [0.2, 0.25) is 0 Å². The molecular formula is C24H20BrN3O4. The number of amides is 4. The van der Waals surface area contributed by atoms with Crippen molar-refractivity contribution in [2.24, 2.45) is 0 Å². The SMILES string of the molecule is COc1ccc(N2C(=O)NC(=O)/C(=C/c3cc(C)n(-c4ccc(Br)cc4)c3C)C2=O)cc1. The molecule has 1 aliphatic heterocycles. The van der Waals surface area contributed by atoms with Crippen molar-refractivity contribution >= 4 is 45.5 Å². The van der Waals surface area contributed by atoms with Crippen molar-refractivity contribution in [3.63, 3.8) is 0 Å². The number of aromatic nitrogens is 1. The van der Waals surface area contributed by atoms with Crippen molar-refractivity contribution in [2.45, 2.75) is 13.8 Å². The number of hydrogen-bond donors (Lipinski definition) is 1. The monoisotopic (exact) mass is 493 g/mol. The number of nitrogens with zero attached hydrogens (tertiary/aromatic N) is 2. The molecule has 0 aliphatic carbocycles. The summed E-state index contributed by atoms with van der Waals surface area (Å²) in [5.41, 5.74) is 3.72. The second-order valence-electron chi connectivity index (χ2n) is 7.29. The normalized spacial score (nSPS) is 15.3. The van der Waals surface area contributed by atoms with Gasteiger partial charge in [0, 0.05) is 21.5 Å². The van der Waals surface area contributed by atoms with Crippen LogP contribution < -0.4 is 15.0 Å². The first-order valence-electron chi connectivity index (χ1n) is 9.80. The van der Waals surface area contributed by atoms with Gasteiger partial charge in [-0.25, -0.2) is 9.69 Å². The molecule has 1 aliphatic rings. The fraction of sp³-hybridized carbons (Fsp3) is 0.125. The summed E-state index contributed by atoms with van der Waals surface area (Å²) in [6, 6.07) is 15.4. The van der Waals surface area contributed by atoms with Crippen molar-refractivity contribution in [1.29, 1.82) is 0 Å². The van der Waals surface area contributed by atoms with Gasteiger partial charge in [-0.05, 0) is 80.1 Å². The molecule has 162 valence electrons. The predicted molar refractivity (Wildman–Crippen MR) is 125 cm³/mol. The van der Waals surface area contributed by atoms with Gasteiger partial charge in [0.25, 0.3) is 11.8 Å². The second-order valence-corrected chi connectivity index (χ2v) is 8.21. The van der Waals surface area contributed by atoms with Gasteiger partial charge in [-0.15, -0.1) is 0 Å². The Kier molecular flexibility index (Phi) is 5.71. The van der Waals surface area contributed by atoms with Gasteiger partial charge in [-0.1, -0.05) is 15.9 Å². The van der Waals surface area contributed by atoms with Crippen LogP contribution in [0.25, 0.3) is 11.8 Å². The molecule has 2 heterocycles. The van der Waals surface area contributed by atoms with Crippen LogP contribution in [-0.4, -0.2) is 29.5 Å². The summed E-state index contributed by atoms with van der Waals surface area (Å²) in [6.45, 7) is 3.87. The van der Waals surface area contributed by atoms with Gasteiger partial charge in [0.1, 0.15) is 11.3 Å². The van der Waals surface area contributed by atoms with Gasteiger partial charge in [-0.3, -0.25) is 14.9 Å². The van der Waals surface area contributed by atoms with Crippen LogP contribution in [0.5, 0.6) is 5.75 Å². The molecule has 32 heavy (non-hydrogen) atoms.